The summed E-state index contributed by atoms with van der Waals surface area (Å²) < 4.78 is 38.5. The molecule has 1 aliphatic carbocycles. The Morgan fingerprint density at radius 3 is 2.33 bits per heavy atom. The molecule has 0 spiro atoms. The molecular weight excluding hydrogens is 281 g/mol. The van der Waals surface area contributed by atoms with E-state index in [0.717, 1.165) is 19.3 Å². The Morgan fingerprint density at radius 2 is 1.76 bits per heavy atom. The molecular formula is C14H21F3N4. The summed E-state index contributed by atoms with van der Waals surface area (Å²) in [4.78, 5) is 7.12. The molecule has 118 valence electrons. The summed E-state index contributed by atoms with van der Waals surface area (Å²) in [6.45, 7) is 3.19. The molecule has 1 aliphatic rings. The maximum absolute atomic E-state index is 12.8. The van der Waals surface area contributed by atoms with E-state index in [1.165, 1.54) is 12.8 Å². The molecule has 0 aliphatic heterocycles. The van der Waals surface area contributed by atoms with Gasteiger partial charge in [0.25, 0.3) is 0 Å². The zero-order valence-corrected chi connectivity index (χ0v) is 12.1. The molecule has 21 heavy (non-hydrogen) atoms. The van der Waals surface area contributed by atoms with Crippen LogP contribution in [0.3, 0.4) is 0 Å². The van der Waals surface area contributed by atoms with E-state index < -0.39 is 12.0 Å². The molecule has 0 amide bonds. The van der Waals surface area contributed by atoms with E-state index in [0.29, 0.717) is 19.0 Å². The molecule has 4 nitrogen and oxygen atoms in total. The summed E-state index contributed by atoms with van der Waals surface area (Å²) in [7, 11) is 0. The minimum atomic E-state index is -4.53. The van der Waals surface area contributed by atoms with E-state index in [9.17, 15) is 13.2 Å². The van der Waals surface area contributed by atoms with Crippen molar-refractivity contribution in [2.75, 3.05) is 23.7 Å². The predicted molar refractivity (Wildman–Crippen MR) is 76.3 cm³/mol. The van der Waals surface area contributed by atoms with Gasteiger partial charge in [0.1, 0.15) is 11.6 Å². The Labute approximate surface area is 122 Å². The zero-order valence-electron chi connectivity index (χ0n) is 12.1. The molecule has 0 atom stereocenters. The van der Waals surface area contributed by atoms with Crippen LogP contribution >= 0.6 is 0 Å². The van der Waals surface area contributed by atoms with Gasteiger partial charge >= 0.3 is 6.18 Å². The second-order valence-electron chi connectivity index (χ2n) is 5.42. The molecule has 1 aromatic heterocycles. The van der Waals surface area contributed by atoms with Crippen LogP contribution in [0, 0.1) is 5.92 Å². The van der Waals surface area contributed by atoms with Crippen molar-refractivity contribution in [2.24, 2.45) is 5.92 Å². The van der Waals surface area contributed by atoms with Crippen LogP contribution in [0.1, 0.15) is 44.9 Å². The lowest BCUT2D eigenvalue weighted by atomic mass is 10.1. The number of hydrogen-bond donors (Lipinski definition) is 2. The third kappa shape index (κ3) is 4.75. The van der Waals surface area contributed by atoms with Gasteiger partial charge in [-0.05, 0) is 25.2 Å². The highest BCUT2D eigenvalue weighted by Crippen LogP contribution is 2.29. The molecule has 0 unspecified atom stereocenters. The van der Waals surface area contributed by atoms with Gasteiger partial charge in [0.05, 0.1) is 0 Å². The van der Waals surface area contributed by atoms with Crippen LogP contribution in [0.4, 0.5) is 24.8 Å². The van der Waals surface area contributed by atoms with Crippen molar-refractivity contribution in [3.8, 4) is 0 Å². The van der Waals surface area contributed by atoms with Crippen molar-refractivity contribution < 1.29 is 13.2 Å². The average Bonchev–Trinajstić information content (AvgIpc) is 2.95. The number of halogens is 3. The largest absolute Gasteiger partial charge is 0.451 e. The zero-order chi connectivity index (χ0) is 15.3. The van der Waals surface area contributed by atoms with Gasteiger partial charge < -0.3 is 10.6 Å². The van der Waals surface area contributed by atoms with Crippen LogP contribution in [0.25, 0.3) is 0 Å². The molecule has 0 radical (unpaired) electrons. The smallest absolute Gasteiger partial charge is 0.370 e. The van der Waals surface area contributed by atoms with Crippen LogP contribution in [-0.2, 0) is 6.18 Å². The molecule has 1 saturated carbocycles. The highest BCUT2D eigenvalue weighted by Gasteiger charge is 2.35. The topological polar surface area (TPSA) is 49.8 Å². The fraction of sp³-hybridized carbons (Fsp3) is 0.714. The van der Waals surface area contributed by atoms with Gasteiger partial charge in [-0.25, -0.2) is 9.97 Å². The molecule has 7 heteroatoms. The van der Waals surface area contributed by atoms with Crippen molar-refractivity contribution in [2.45, 2.75) is 45.2 Å². The number of nitrogens with zero attached hydrogens (tertiary/aromatic N) is 2. The Kier molecular flexibility index (Phi) is 5.25. The maximum Gasteiger partial charge on any atom is 0.451 e. The van der Waals surface area contributed by atoms with Gasteiger partial charge in [-0.1, -0.05) is 19.8 Å². The monoisotopic (exact) mass is 302 g/mol. The van der Waals surface area contributed by atoms with Crippen LogP contribution < -0.4 is 10.6 Å². The van der Waals surface area contributed by atoms with Gasteiger partial charge in [-0.2, -0.15) is 13.2 Å². The minimum Gasteiger partial charge on any atom is -0.370 e. The quantitative estimate of drug-likeness (QED) is 0.836. The maximum atomic E-state index is 12.8. The fourth-order valence-electron chi connectivity index (χ4n) is 2.47. The van der Waals surface area contributed by atoms with Gasteiger partial charge in [-0.15, -0.1) is 0 Å². The minimum absolute atomic E-state index is 0.216. The SMILES string of the molecule is CCCNc1cc(NCC2CCCC2)nc(C(F)(F)F)n1. The van der Waals surface area contributed by atoms with E-state index in [4.69, 9.17) is 0 Å². The number of hydrogen-bond acceptors (Lipinski definition) is 4. The Hall–Kier alpha value is -1.53. The van der Waals surface area contributed by atoms with Crippen LogP contribution in [0.2, 0.25) is 0 Å². The molecule has 0 bridgehead atoms. The molecule has 1 fully saturated rings. The van der Waals surface area contributed by atoms with E-state index in [1.807, 2.05) is 6.92 Å². The van der Waals surface area contributed by atoms with E-state index >= 15 is 0 Å². The summed E-state index contributed by atoms with van der Waals surface area (Å²) in [6.07, 6.45) is 0.945. The molecule has 0 aromatic carbocycles. The van der Waals surface area contributed by atoms with E-state index in [1.54, 1.807) is 6.07 Å². The molecule has 2 N–H and O–H groups in total. The first-order valence-corrected chi connectivity index (χ1v) is 7.43. The van der Waals surface area contributed by atoms with Crippen molar-refractivity contribution in [1.82, 2.24) is 9.97 Å². The van der Waals surface area contributed by atoms with Crippen molar-refractivity contribution >= 4 is 11.6 Å². The Balaban J connectivity index is 2.09. The highest BCUT2D eigenvalue weighted by molar-refractivity contribution is 5.47. The second kappa shape index (κ2) is 6.95. The number of alkyl halides is 3. The normalized spacial score (nSPS) is 16.2. The second-order valence-corrected chi connectivity index (χ2v) is 5.42. The van der Waals surface area contributed by atoms with Crippen LogP contribution in [0.15, 0.2) is 6.07 Å². The number of rotatable bonds is 6. The third-order valence-corrected chi connectivity index (χ3v) is 3.58. The number of nitrogens with one attached hydrogen (secondary N) is 2. The first-order chi connectivity index (χ1) is 9.99. The molecule has 1 heterocycles. The Morgan fingerprint density at radius 1 is 1.14 bits per heavy atom. The lowest BCUT2D eigenvalue weighted by Crippen LogP contribution is -2.17. The summed E-state index contributed by atoms with van der Waals surface area (Å²) >= 11 is 0. The lowest BCUT2D eigenvalue weighted by Gasteiger charge is -2.14. The van der Waals surface area contributed by atoms with Crippen molar-refractivity contribution in [1.29, 1.82) is 0 Å². The van der Waals surface area contributed by atoms with E-state index in [2.05, 4.69) is 20.6 Å². The van der Waals surface area contributed by atoms with Crippen LogP contribution in [-0.4, -0.2) is 23.1 Å². The summed E-state index contributed by atoms with van der Waals surface area (Å²) in [5.74, 6) is -0.116. The highest BCUT2D eigenvalue weighted by atomic mass is 19.4. The van der Waals surface area contributed by atoms with Gasteiger partial charge in [0.2, 0.25) is 5.82 Å². The number of anilines is 2. The van der Waals surface area contributed by atoms with Gasteiger partial charge in [0.15, 0.2) is 0 Å². The van der Waals surface area contributed by atoms with Gasteiger partial charge in [-0.3, -0.25) is 0 Å². The predicted octanol–water partition coefficient (Wildman–Crippen LogP) is 3.92. The molecule has 0 saturated heterocycles. The van der Waals surface area contributed by atoms with Crippen LogP contribution in [0.5, 0.6) is 0 Å². The molecule has 1 aromatic rings. The number of aromatic nitrogens is 2. The Bertz CT molecular complexity index is 456. The summed E-state index contributed by atoms with van der Waals surface area (Å²) in [6, 6.07) is 1.54. The standard InChI is InChI=1S/C14H21F3N4/c1-2-7-18-11-8-12(19-9-10-5-3-4-6-10)21-13(20-11)14(15,16)17/h8,10H,2-7,9H2,1H3,(H2,18,19,20,21). The van der Waals surface area contributed by atoms with Gasteiger partial charge in [0, 0.05) is 19.2 Å². The molecule has 2 rings (SSSR count). The third-order valence-electron chi connectivity index (χ3n) is 3.58. The summed E-state index contributed by atoms with van der Waals surface area (Å²) in [5, 5.41) is 5.91. The lowest BCUT2D eigenvalue weighted by molar-refractivity contribution is -0.144. The summed E-state index contributed by atoms with van der Waals surface area (Å²) in [5.41, 5.74) is 0. The average molecular weight is 302 g/mol. The first-order valence-electron chi connectivity index (χ1n) is 7.43. The van der Waals surface area contributed by atoms with Crippen molar-refractivity contribution in [3.05, 3.63) is 11.9 Å². The first kappa shape index (κ1) is 15.9. The van der Waals surface area contributed by atoms with E-state index in [-0.39, 0.29) is 11.6 Å². The van der Waals surface area contributed by atoms with Crippen molar-refractivity contribution in [3.63, 3.8) is 0 Å². The fourth-order valence-corrected chi connectivity index (χ4v) is 2.47.